The van der Waals surface area contributed by atoms with E-state index in [1.165, 1.54) is 6.08 Å². The molecule has 1 aromatic heterocycles. The predicted molar refractivity (Wildman–Crippen MR) is 31.8 cm³/mol. The van der Waals surface area contributed by atoms with E-state index in [4.69, 9.17) is 6.58 Å². The Hall–Kier alpha value is -0.0581. The molecule has 9 heavy (non-hydrogen) atoms. The van der Waals surface area contributed by atoms with Crippen molar-refractivity contribution >= 4 is 6.08 Å². The standard InChI is InChI=1S/C7H5N.U/c1-2-7-4-3-5-8-6-7;/h1-5H;/q-2;+2. The Morgan fingerprint density at radius 3 is 2.78 bits per heavy atom. The molecule has 0 unspecified atom stereocenters. The summed E-state index contributed by atoms with van der Waals surface area (Å²) < 4.78 is 0. The molecule has 0 aromatic carbocycles. The van der Waals surface area contributed by atoms with Crippen LogP contribution >= 0.6 is 0 Å². The van der Waals surface area contributed by atoms with E-state index in [1.807, 2.05) is 12.1 Å². The number of rotatable bonds is 1. The zero-order valence-electron chi connectivity index (χ0n) is 4.83. The third kappa shape index (κ3) is 2.84. The molecule has 0 aliphatic rings. The zero-order chi connectivity index (χ0) is 5.82. The Bertz CT molecular complexity index is 172. The summed E-state index contributed by atoms with van der Waals surface area (Å²) in [7, 11) is 0. The topological polar surface area (TPSA) is 12.9 Å². The summed E-state index contributed by atoms with van der Waals surface area (Å²) in [6, 6.07) is 3.65. The van der Waals surface area contributed by atoms with Gasteiger partial charge in [0.05, 0.1) is 0 Å². The van der Waals surface area contributed by atoms with Gasteiger partial charge in [-0.15, -0.1) is 12.3 Å². The van der Waals surface area contributed by atoms with Gasteiger partial charge in [0.25, 0.3) is 0 Å². The molecule has 1 aromatic rings. The van der Waals surface area contributed by atoms with E-state index in [1.54, 1.807) is 6.20 Å². The molecule has 1 rings (SSSR count). The van der Waals surface area contributed by atoms with Crippen LogP contribution in [-0.2, 0) is 0 Å². The van der Waals surface area contributed by atoms with Crippen LogP contribution in [0.5, 0.6) is 0 Å². The van der Waals surface area contributed by atoms with Crippen molar-refractivity contribution in [1.82, 2.24) is 4.98 Å². The van der Waals surface area contributed by atoms with Crippen molar-refractivity contribution in [1.29, 1.82) is 0 Å². The summed E-state index contributed by atoms with van der Waals surface area (Å²) in [6.07, 6.45) is 5.81. The Labute approximate surface area is 78.6 Å². The van der Waals surface area contributed by atoms with E-state index < -0.39 is 0 Å². The smallest absolute Gasteiger partial charge is 0.380 e. The van der Waals surface area contributed by atoms with E-state index in [2.05, 4.69) is 11.2 Å². The van der Waals surface area contributed by atoms with E-state index >= 15 is 0 Å². The van der Waals surface area contributed by atoms with Crippen LogP contribution in [0.15, 0.2) is 18.3 Å². The van der Waals surface area contributed by atoms with E-state index in [9.17, 15) is 0 Å². The maximum Gasteiger partial charge on any atom is 2.00 e. The molecule has 0 saturated heterocycles. The third-order valence-corrected chi connectivity index (χ3v) is 0.810. The van der Waals surface area contributed by atoms with Gasteiger partial charge in [0.15, 0.2) is 0 Å². The van der Waals surface area contributed by atoms with Crippen molar-refractivity contribution in [2.24, 2.45) is 0 Å². The normalized spacial score (nSPS) is 7.56. The minimum Gasteiger partial charge on any atom is -0.380 e. The number of hydrogen-bond acceptors (Lipinski definition) is 1. The van der Waals surface area contributed by atoms with Crippen molar-refractivity contribution in [2.45, 2.75) is 0 Å². The molecule has 42 valence electrons. The second kappa shape index (κ2) is 4.79. The molecule has 0 bridgehead atoms. The van der Waals surface area contributed by atoms with Crippen molar-refractivity contribution in [3.05, 3.63) is 36.7 Å². The van der Waals surface area contributed by atoms with Gasteiger partial charge in [-0.2, -0.15) is 0 Å². The molecule has 0 atom stereocenters. The number of pyridine rings is 1. The van der Waals surface area contributed by atoms with Gasteiger partial charge in [0.2, 0.25) is 0 Å². The SMILES string of the molecule is [CH-]=Cc1[c-]nccc1.[U+2]. The summed E-state index contributed by atoms with van der Waals surface area (Å²) in [5.41, 5.74) is 0.826. The van der Waals surface area contributed by atoms with Crippen LogP contribution in [0.1, 0.15) is 5.56 Å². The van der Waals surface area contributed by atoms with Crippen molar-refractivity contribution in [3.63, 3.8) is 0 Å². The Balaban J connectivity index is 0.000000640. The molecule has 0 spiro atoms. The summed E-state index contributed by atoms with van der Waals surface area (Å²) in [5, 5.41) is 0. The number of hydrogen-bond donors (Lipinski definition) is 0. The molecule has 1 nitrogen and oxygen atoms in total. The first-order valence-corrected chi connectivity index (χ1v) is 2.31. The van der Waals surface area contributed by atoms with Gasteiger partial charge < -0.3 is 17.6 Å². The maximum absolute atomic E-state index is 5.15. The van der Waals surface area contributed by atoms with Crippen molar-refractivity contribution < 1.29 is 31.1 Å². The average molecular weight is 341 g/mol. The molecular formula is C7H5NU. The fraction of sp³-hybridized carbons (Fsp3) is 0. The second-order valence-electron chi connectivity index (χ2n) is 1.37. The van der Waals surface area contributed by atoms with Crippen LogP contribution in [0, 0.1) is 43.9 Å². The Kier molecular flexibility index (Phi) is 4.76. The molecule has 0 amide bonds. The largest absolute Gasteiger partial charge is 2.00 e. The molecule has 2 heteroatoms. The van der Waals surface area contributed by atoms with Gasteiger partial charge in [0, 0.05) is 0 Å². The first-order chi connectivity index (χ1) is 3.93. The summed E-state index contributed by atoms with van der Waals surface area (Å²) in [5.74, 6) is 0. The zero-order valence-corrected chi connectivity index (χ0v) is 9.00. The first-order valence-electron chi connectivity index (χ1n) is 2.31. The van der Waals surface area contributed by atoms with Crippen molar-refractivity contribution in [3.8, 4) is 0 Å². The third-order valence-electron chi connectivity index (χ3n) is 0.810. The fourth-order valence-corrected chi connectivity index (χ4v) is 0.432. The van der Waals surface area contributed by atoms with Gasteiger partial charge in [0.1, 0.15) is 0 Å². The van der Waals surface area contributed by atoms with E-state index in [0.717, 1.165) is 5.56 Å². The van der Waals surface area contributed by atoms with E-state index in [-0.39, 0.29) is 31.1 Å². The second-order valence-corrected chi connectivity index (χ2v) is 1.37. The molecule has 1 heterocycles. The molecule has 0 fully saturated rings. The minimum absolute atomic E-state index is 0. The van der Waals surface area contributed by atoms with Crippen LogP contribution in [0.3, 0.4) is 0 Å². The molecule has 0 radical (unpaired) electrons. The van der Waals surface area contributed by atoms with Gasteiger partial charge in [-0.25, -0.2) is 6.07 Å². The molecular weight excluding hydrogens is 336 g/mol. The summed E-state index contributed by atoms with van der Waals surface area (Å²) >= 11 is 0. The molecule has 0 aliphatic carbocycles. The quantitative estimate of drug-likeness (QED) is 0.703. The van der Waals surface area contributed by atoms with Gasteiger partial charge >= 0.3 is 31.1 Å². The molecule has 0 aliphatic heterocycles. The first kappa shape index (κ1) is 8.94. The predicted octanol–water partition coefficient (Wildman–Crippen LogP) is 1.33. The van der Waals surface area contributed by atoms with Crippen LogP contribution in [0.25, 0.3) is 6.08 Å². The average Bonchev–Trinajstić information content (AvgIpc) is 1.90. The van der Waals surface area contributed by atoms with E-state index in [0.29, 0.717) is 0 Å². The van der Waals surface area contributed by atoms with Gasteiger partial charge in [-0.05, 0) is 0 Å². The van der Waals surface area contributed by atoms with Gasteiger partial charge in [-0.1, -0.05) is 6.20 Å². The fourth-order valence-electron chi connectivity index (χ4n) is 0.432. The van der Waals surface area contributed by atoms with Crippen molar-refractivity contribution in [2.75, 3.05) is 0 Å². The maximum atomic E-state index is 5.15. The van der Waals surface area contributed by atoms with Crippen LogP contribution in [-0.4, -0.2) is 4.98 Å². The minimum atomic E-state index is 0. The van der Waals surface area contributed by atoms with Gasteiger partial charge in [-0.3, -0.25) is 5.56 Å². The summed E-state index contributed by atoms with van der Waals surface area (Å²) in [6.45, 7) is 5.15. The number of nitrogens with zero attached hydrogens (tertiary/aromatic N) is 1. The molecule has 0 saturated carbocycles. The van der Waals surface area contributed by atoms with Crippen LogP contribution < -0.4 is 0 Å². The number of aromatic nitrogens is 1. The van der Waals surface area contributed by atoms with Crippen LogP contribution in [0.4, 0.5) is 0 Å². The monoisotopic (exact) mass is 341 g/mol. The van der Waals surface area contributed by atoms with Crippen LogP contribution in [0.2, 0.25) is 0 Å². The molecule has 0 N–H and O–H groups in total. The Morgan fingerprint density at radius 1 is 1.67 bits per heavy atom. The summed E-state index contributed by atoms with van der Waals surface area (Å²) in [4.78, 5) is 3.72. The Morgan fingerprint density at radius 2 is 2.44 bits per heavy atom.